The molecule has 0 saturated heterocycles. The molecule has 0 atom stereocenters. The van der Waals surface area contributed by atoms with Crippen LogP contribution in [0, 0.1) is 19.7 Å². The Morgan fingerprint density at radius 3 is 2.68 bits per heavy atom. The van der Waals surface area contributed by atoms with Crippen LogP contribution in [0.15, 0.2) is 18.2 Å². The molecule has 0 spiro atoms. The van der Waals surface area contributed by atoms with Gasteiger partial charge >= 0.3 is 0 Å². The molecule has 0 radical (unpaired) electrons. The van der Waals surface area contributed by atoms with Gasteiger partial charge in [-0.15, -0.1) is 0 Å². The van der Waals surface area contributed by atoms with Crippen LogP contribution < -0.4 is 5.73 Å². The summed E-state index contributed by atoms with van der Waals surface area (Å²) in [6.07, 6.45) is 0.780. The highest BCUT2D eigenvalue weighted by Crippen LogP contribution is 2.22. The van der Waals surface area contributed by atoms with E-state index in [0.29, 0.717) is 23.7 Å². The molecule has 0 amide bonds. The normalized spacial score (nSPS) is 11.0. The summed E-state index contributed by atoms with van der Waals surface area (Å²) in [7, 11) is 0. The minimum Gasteiger partial charge on any atom is -0.330 e. The second-order valence-electron chi connectivity index (χ2n) is 4.55. The van der Waals surface area contributed by atoms with Crippen molar-refractivity contribution in [1.29, 1.82) is 0 Å². The molecule has 2 N–H and O–H groups in total. The Morgan fingerprint density at radius 2 is 2.05 bits per heavy atom. The van der Waals surface area contributed by atoms with Crippen LogP contribution in [0.25, 0.3) is 0 Å². The fraction of sp³-hybridized carbons (Fsp3) is 0.357. The molecule has 2 aromatic rings. The van der Waals surface area contributed by atoms with Gasteiger partial charge in [0.25, 0.3) is 0 Å². The van der Waals surface area contributed by atoms with Crippen molar-refractivity contribution in [3.63, 3.8) is 0 Å². The van der Waals surface area contributed by atoms with Crippen molar-refractivity contribution in [1.82, 2.24) is 9.78 Å². The second kappa shape index (κ2) is 5.72. The molecular weight excluding hydrogens is 265 g/mol. The summed E-state index contributed by atoms with van der Waals surface area (Å²) < 4.78 is 15.6. The van der Waals surface area contributed by atoms with E-state index in [0.717, 1.165) is 23.4 Å². The van der Waals surface area contributed by atoms with E-state index in [4.69, 9.17) is 17.3 Å². The van der Waals surface area contributed by atoms with Gasteiger partial charge in [0.1, 0.15) is 5.82 Å². The molecule has 0 aliphatic rings. The molecule has 3 nitrogen and oxygen atoms in total. The first-order chi connectivity index (χ1) is 9.04. The Morgan fingerprint density at radius 1 is 1.32 bits per heavy atom. The summed E-state index contributed by atoms with van der Waals surface area (Å²) in [6.45, 7) is 4.83. The number of benzene rings is 1. The lowest BCUT2D eigenvalue weighted by molar-refractivity contribution is 0.578. The summed E-state index contributed by atoms with van der Waals surface area (Å²) in [5.74, 6) is -0.305. The van der Waals surface area contributed by atoms with Gasteiger partial charge < -0.3 is 5.73 Å². The molecule has 0 saturated carbocycles. The molecule has 1 aromatic heterocycles. The molecular formula is C14H17ClFN3. The van der Waals surface area contributed by atoms with Gasteiger partial charge in [0.05, 0.1) is 12.2 Å². The number of nitrogens with two attached hydrogens (primary N) is 1. The van der Waals surface area contributed by atoms with Crippen molar-refractivity contribution in [2.24, 2.45) is 5.73 Å². The highest BCUT2D eigenvalue weighted by molar-refractivity contribution is 6.31. The van der Waals surface area contributed by atoms with Crippen LogP contribution in [0.4, 0.5) is 4.39 Å². The molecule has 0 unspecified atom stereocenters. The first kappa shape index (κ1) is 14.0. The van der Waals surface area contributed by atoms with Gasteiger partial charge in [-0.1, -0.05) is 17.7 Å². The third-order valence-corrected chi connectivity index (χ3v) is 3.65. The van der Waals surface area contributed by atoms with Crippen molar-refractivity contribution in [3.05, 3.63) is 51.6 Å². The minimum atomic E-state index is -0.305. The average molecular weight is 282 g/mol. The van der Waals surface area contributed by atoms with Gasteiger partial charge in [0.15, 0.2) is 0 Å². The number of aromatic nitrogens is 2. The van der Waals surface area contributed by atoms with Crippen LogP contribution in [0.2, 0.25) is 5.02 Å². The van der Waals surface area contributed by atoms with E-state index in [1.165, 1.54) is 6.07 Å². The van der Waals surface area contributed by atoms with E-state index in [9.17, 15) is 4.39 Å². The summed E-state index contributed by atoms with van der Waals surface area (Å²) in [5, 5.41) is 4.87. The molecule has 0 aliphatic carbocycles. The first-order valence-corrected chi connectivity index (χ1v) is 6.58. The lowest BCUT2D eigenvalue weighted by Gasteiger charge is -2.08. The van der Waals surface area contributed by atoms with E-state index in [2.05, 4.69) is 5.10 Å². The predicted molar refractivity (Wildman–Crippen MR) is 75.0 cm³/mol. The third-order valence-electron chi connectivity index (χ3n) is 3.30. The highest BCUT2D eigenvalue weighted by atomic mass is 35.5. The van der Waals surface area contributed by atoms with Gasteiger partial charge in [-0.25, -0.2) is 4.39 Å². The summed E-state index contributed by atoms with van der Waals surface area (Å²) in [4.78, 5) is 0. The van der Waals surface area contributed by atoms with Crippen LogP contribution in [0.3, 0.4) is 0 Å². The van der Waals surface area contributed by atoms with Gasteiger partial charge in [0, 0.05) is 16.3 Å². The van der Waals surface area contributed by atoms with Crippen LogP contribution in [-0.2, 0) is 13.0 Å². The maximum absolute atomic E-state index is 13.8. The summed E-state index contributed by atoms with van der Waals surface area (Å²) in [5.41, 5.74) is 9.15. The molecule has 0 aliphatic heterocycles. The number of hydrogen-bond donors (Lipinski definition) is 1. The van der Waals surface area contributed by atoms with Crippen LogP contribution in [0.1, 0.15) is 22.5 Å². The van der Waals surface area contributed by atoms with Crippen molar-refractivity contribution >= 4 is 11.6 Å². The minimum absolute atomic E-state index is 0.305. The monoisotopic (exact) mass is 281 g/mol. The van der Waals surface area contributed by atoms with Crippen molar-refractivity contribution in [3.8, 4) is 0 Å². The molecule has 2 rings (SSSR count). The standard InChI is InChI=1S/C14H17ClFN3/c1-9-11(6-7-17)10(2)19(18-9)8-12-13(15)4-3-5-14(12)16/h3-5H,6-8,17H2,1-2H3. The zero-order chi connectivity index (χ0) is 14.0. The Kier molecular flexibility index (Phi) is 4.22. The van der Waals surface area contributed by atoms with Gasteiger partial charge in [-0.05, 0) is 44.5 Å². The Labute approximate surface area is 117 Å². The SMILES string of the molecule is Cc1nn(Cc2c(F)cccc2Cl)c(C)c1CCN. The molecule has 1 heterocycles. The maximum Gasteiger partial charge on any atom is 0.129 e. The fourth-order valence-electron chi connectivity index (χ4n) is 2.23. The Bertz CT molecular complexity index is 572. The molecule has 0 bridgehead atoms. The summed E-state index contributed by atoms with van der Waals surface area (Å²) >= 11 is 6.04. The Balaban J connectivity index is 2.36. The number of hydrogen-bond acceptors (Lipinski definition) is 2. The molecule has 5 heteroatoms. The smallest absolute Gasteiger partial charge is 0.129 e. The number of rotatable bonds is 4. The molecule has 102 valence electrons. The largest absolute Gasteiger partial charge is 0.330 e. The van der Waals surface area contributed by atoms with Gasteiger partial charge in [0.2, 0.25) is 0 Å². The molecule has 1 aromatic carbocycles. The van der Waals surface area contributed by atoms with E-state index in [1.807, 2.05) is 13.8 Å². The summed E-state index contributed by atoms with van der Waals surface area (Å²) in [6, 6.07) is 4.70. The first-order valence-electron chi connectivity index (χ1n) is 6.20. The van der Waals surface area contributed by atoms with E-state index < -0.39 is 0 Å². The Hall–Kier alpha value is -1.39. The van der Waals surface area contributed by atoms with Gasteiger partial charge in [-0.2, -0.15) is 5.10 Å². The number of nitrogens with zero attached hydrogens (tertiary/aromatic N) is 2. The lowest BCUT2D eigenvalue weighted by Crippen LogP contribution is -2.08. The number of halogens is 2. The zero-order valence-electron chi connectivity index (χ0n) is 11.1. The highest BCUT2D eigenvalue weighted by Gasteiger charge is 2.14. The predicted octanol–water partition coefficient (Wildman–Crippen LogP) is 2.84. The van der Waals surface area contributed by atoms with E-state index in [-0.39, 0.29) is 5.82 Å². The van der Waals surface area contributed by atoms with Crippen molar-refractivity contribution < 1.29 is 4.39 Å². The third kappa shape index (κ3) is 2.80. The van der Waals surface area contributed by atoms with E-state index >= 15 is 0 Å². The number of aryl methyl sites for hydroxylation is 1. The van der Waals surface area contributed by atoms with E-state index in [1.54, 1.807) is 16.8 Å². The zero-order valence-corrected chi connectivity index (χ0v) is 11.8. The fourth-order valence-corrected chi connectivity index (χ4v) is 2.45. The molecule has 0 fully saturated rings. The van der Waals surface area contributed by atoms with Crippen molar-refractivity contribution in [2.75, 3.05) is 6.54 Å². The lowest BCUT2D eigenvalue weighted by atomic mass is 10.1. The quantitative estimate of drug-likeness (QED) is 0.936. The van der Waals surface area contributed by atoms with Crippen LogP contribution >= 0.6 is 11.6 Å². The molecule has 19 heavy (non-hydrogen) atoms. The average Bonchev–Trinajstić information content (AvgIpc) is 2.62. The van der Waals surface area contributed by atoms with Gasteiger partial charge in [-0.3, -0.25) is 4.68 Å². The van der Waals surface area contributed by atoms with Crippen LogP contribution in [-0.4, -0.2) is 16.3 Å². The van der Waals surface area contributed by atoms with Crippen molar-refractivity contribution in [2.45, 2.75) is 26.8 Å². The second-order valence-corrected chi connectivity index (χ2v) is 4.95. The topological polar surface area (TPSA) is 43.8 Å². The van der Waals surface area contributed by atoms with Crippen LogP contribution in [0.5, 0.6) is 0 Å². The maximum atomic E-state index is 13.8.